The van der Waals surface area contributed by atoms with Crippen LogP contribution >= 0.6 is 0 Å². The molecule has 4 heterocycles. The number of aromatic nitrogens is 1. The molecule has 2 aromatic heterocycles. The Morgan fingerprint density at radius 1 is 1.44 bits per heavy atom. The van der Waals surface area contributed by atoms with E-state index < -0.39 is 0 Å². The minimum absolute atomic E-state index is 0.0631. The Labute approximate surface area is 147 Å². The smallest absolute Gasteiger partial charge is 0.253 e. The molecule has 0 unspecified atom stereocenters. The second kappa shape index (κ2) is 6.98. The Morgan fingerprint density at radius 3 is 3.16 bits per heavy atom. The van der Waals surface area contributed by atoms with Gasteiger partial charge in [-0.05, 0) is 50.4 Å². The number of pyridine rings is 1. The van der Waals surface area contributed by atoms with Gasteiger partial charge >= 0.3 is 0 Å². The van der Waals surface area contributed by atoms with Gasteiger partial charge in [0.25, 0.3) is 5.91 Å². The minimum atomic E-state index is -0.372. The zero-order valence-corrected chi connectivity index (χ0v) is 14.4. The van der Waals surface area contributed by atoms with Crippen molar-refractivity contribution in [1.82, 2.24) is 9.88 Å². The molecule has 0 radical (unpaired) electrons. The minimum Gasteiger partial charge on any atom is -0.472 e. The Hall–Kier alpha value is -2.18. The van der Waals surface area contributed by atoms with Gasteiger partial charge in [0.1, 0.15) is 6.10 Å². The SMILES string of the molecule is Cc1ncccc1NC(=O)[C@@H]1C[C@@H]2CCN(Cc3ccoc3)C[C@H]2O1. The summed E-state index contributed by atoms with van der Waals surface area (Å²) < 4.78 is 11.2. The van der Waals surface area contributed by atoms with Crippen molar-refractivity contribution in [3.05, 3.63) is 48.2 Å². The van der Waals surface area contributed by atoms with Crippen LogP contribution in [0.2, 0.25) is 0 Å². The predicted molar refractivity (Wildman–Crippen MR) is 93.0 cm³/mol. The summed E-state index contributed by atoms with van der Waals surface area (Å²) in [5, 5.41) is 2.96. The number of nitrogens with zero attached hydrogens (tertiary/aromatic N) is 2. The number of likely N-dealkylation sites (tertiary alicyclic amines) is 1. The Balaban J connectivity index is 1.34. The van der Waals surface area contributed by atoms with E-state index in [0.29, 0.717) is 5.92 Å². The van der Waals surface area contributed by atoms with E-state index in [0.717, 1.165) is 43.9 Å². The first kappa shape index (κ1) is 16.3. The third-order valence-electron chi connectivity index (χ3n) is 5.18. The molecule has 1 N–H and O–H groups in total. The number of ether oxygens (including phenoxy) is 1. The molecule has 1 amide bonds. The molecule has 0 saturated carbocycles. The second-order valence-corrected chi connectivity index (χ2v) is 6.94. The fourth-order valence-corrected chi connectivity index (χ4v) is 3.78. The van der Waals surface area contributed by atoms with Crippen molar-refractivity contribution >= 4 is 11.6 Å². The second-order valence-electron chi connectivity index (χ2n) is 6.94. The Kier molecular flexibility index (Phi) is 4.55. The number of furan rings is 1. The van der Waals surface area contributed by atoms with Gasteiger partial charge in [-0.25, -0.2) is 0 Å². The van der Waals surface area contributed by atoms with Gasteiger partial charge in [-0.15, -0.1) is 0 Å². The van der Waals surface area contributed by atoms with E-state index in [9.17, 15) is 4.79 Å². The molecule has 0 aromatic carbocycles. The molecule has 2 fully saturated rings. The summed E-state index contributed by atoms with van der Waals surface area (Å²) in [5.74, 6) is 0.401. The molecule has 0 bridgehead atoms. The predicted octanol–water partition coefficient (Wildman–Crippen LogP) is 2.60. The van der Waals surface area contributed by atoms with Crippen LogP contribution in [-0.2, 0) is 16.1 Å². The summed E-state index contributed by atoms with van der Waals surface area (Å²) in [6.07, 6.45) is 6.84. The molecule has 2 aliphatic rings. The molecule has 6 nitrogen and oxygen atoms in total. The molecule has 2 aliphatic heterocycles. The number of hydrogen-bond acceptors (Lipinski definition) is 5. The summed E-state index contributed by atoms with van der Waals surface area (Å²) in [6, 6.07) is 5.69. The zero-order chi connectivity index (χ0) is 17.2. The Bertz CT molecular complexity index is 731. The molecule has 3 atom stereocenters. The van der Waals surface area contributed by atoms with Gasteiger partial charge in [-0.1, -0.05) is 0 Å². The molecule has 25 heavy (non-hydrogen) atoms. The van der Waals surface area contributed by atoms with E-state index >= 15 is 0 Å². The van der Waals surface area contributed by atoms with Crippen molar-refractivity contribution in [2.45, 2.75) is 38.5 Å². The standard InChI is InChI=1S/C19H23N3O3/c1-13-16(3-2-6-20-13)21-19(23)17-9-15-4-7-22(11-18(15)25-17)10-14-5-8-24-12-14/h2-3,5-6,8,12,15,17-18H,4,7,9-11H2,1H3,(H,21,23)/t15-,17-,18+/m0/s1. The van der Waals surface area contributed by atoms with Gasteiger partial charge in [0.05, 0.1) is 30.0 Å². The maximum Gasteiger partial charge on any atom is 0.253 e. The number of anilines is 1. The van der Waals surface area contributed by atoms with E-state index in [2.05, 4.69) is 15.2 Å². The number of rotatable bonds is 4. The number of piperidine rings is 1. The van der Waals surface area contributed by atoms with Gasteiger partial charge in [0.2, 0.25) is 0 Å². The third kappa shape index (κ3) is 3.60. The van der Waals surface area contributed by atoms with Crippen LogP contribution < -0.4 is 5.32 Å². The van der Waals surface area contributed by atoms with Crippen LogP contribution in [0.15, 0.2) is 41.3 Å². The summed E-state index contributed by atoms with van der Waals surface area (Å²) in [7, 11) is 0. The highest BCUT2D eigenvalue weighted by Crippen LogP contribution is 2.34. The number of nitrogens with one attached hydrogen (secondary N) is 1. The normalized spacial score (nSPS) is 26.4. The molecule has 0 aliphatic carbocycles. The van der Waals surface area contributed by atoms with Gasteiger partial charge in [0.15, 0.2) is 0 Å². The maximum atomic E-state index is 12.6. The molecular weight excluding hydrogens is 318 g/mol. The van der Waals surface area contributed by atoms with Crippen LogP contribution in [0.4, 0.5) is 5.69 Å². The highest BCUT2D eigenvalue weighted by Gasteiger charge is 2.41. The number of hydrogen-bond donors (Lipinski definition) is 1. The third-order valence-corrected chi connectivity index (χ3v) is 5.18. The number of aryl methyl sites for hydroxylation is 1. The van der Waals surface area contributed by atoms with Crippen LogP contribution in [0.3, 0.4) is 0 Å². The fraction of sp³-hybridized carbons (Fsp3) is 0.474. The van der Waals surface area contributed by atoms with E-state index in [1.807, 2.05) is 25.1 Å². The molecule has 132 valence electrons. The number of fused-ring (bicyclic) bond motifs is 1. The first-order valence-corrected chi connectivity index (χ1v) is 8.80. The molecular formula is C19H23N3O3. The summed E-state index contributed by atoms with van der Waals surface area (Å²) >= 11 is 0. The van der Waals surface area contributed by atoms with Crippen LogP contribution in [0.25, 0.3) is 0 Å². The lowest BCUT2D eigenvalue weighted by Gasteiger charge is -2.33. The van der Waals surface area contributed by atoms with Crippen molar-refractivity contribution in [2.75, 3.05) is 18.4 Å². The lowest BCUT2D eigenvalue weighted by molar-refractivity contribution is -0.127. The summed E-state index contributed by atoms with van der Waals surface area (Å²) in [4.78, 5) is 19.1. The largest absolute Gasteiger partial charge is 0.472 e. The van der Waals surface area contributed by atoms with Crippen molar-refractivity contribution < 1.29 is 13.9 Å². The fourth-order valence-electron chi connectivity index (χ4n) is 3.78. The molecule has 2 aromatic rings. The first-order valence-electron chi connectivity index (χ1n) is 8.80. The van der Waals surface area contributed by atoms with Crippen molar-refractivity contribution in [1.29, 1.82) is 0 Å². The number of carbonyl (C=O) groups is 1. The van der Waals surface area contributed by atoms with Crippen LogP contribution in [0, 0.1) is 12.8 Å². The van der Waals surface area contributed by atoms with Gasteiger partial charge in [-0.2, -0.15) is 0 Å². The maximum absolute atomic E-state index is 12.6. The summed E-state index contributed by atoms with van der Waals surface area (Å²) in [5.41, 5.74) is 2.75. The quantitative estimate of drug-likeness (QED) is 0.926. The molecule has 0 spiro atoms. The van der Waals surface area contributed by atoms with E-state index in [4.69, 9.17) is 9.15 Å². The highest BCUT2D eigenvalue weighted by molar-refractivity contribution is 5.94. The van der Waals surface area contributed by atoms with Crippen molar-refractivity contribution in [3.63, 3.8) is 0 Å². The Morgan fingerprint density at radius 2 is 2.36 bits per heavy atom. The first-order chi connectivity index (χ1) is 12.2. The van der Waals surface area contributed by atoms with Crippen LogP contribution in [0.1, 0.15) is 24.1 Å². The van der Waals surface area contributed by atoms with Gasteiger partial charge < -0.3 is 14.5 Å². The summed E-state index contributed by atoms with van der Waals surface area (Å²) in [6.45, 7) is 4.66. The number of amides is 1. The van der Waals surface area contributed by atoms with E-state index in [1.165, 1.54) is 5.56 Å². The van der Waals surface area contributed by atoms with Crippen LogP contribution in [-0.4, -0.2) is 41.1 Å². The van der Waals surface area contributed by atoms with E-state index in [1.54, 1.807) is 18.7 Å². The van der Waals surface area contributed by atoms with Gasteiger partial charge in [-0.3, -0.25) is 14.7 Å². The lowest BCUT2D eigenvalue weighted by Crippen LogP contribution is -2.41. The van der Waals surface area contributed by atoms with Crippen molar-refractivity contribution in [3.8, 4) is 0 Å². The van der Waals surface area contributed by atoms with Crippen LogP contribution in [0.5, 0.6) is 0 Å². The average molecular weight is 341 g/mol. The monoisotopic (exact) mass is 341 g/mol. The zero-order valence-electron chi connectivity index (χ0n) is 14.4. The lowest BCUT2D eigenvalue weighted by atomic mass is 9.91. The molecule has 2 saturated heterocycles. The average Bonchev–Trinajstić information content (AvgIpc) is 3.26. The number of carbonyl (C=O) groups excluding carboxylic acids is 1. The molecule has 4 rings (SSSR count). The van der Waals surface area contributed by atoms with Crippen molar-refractivity contribution in [2.24, 2.45) is 5.92 Å². The topological polar surface area (TPSA) is 67.6 Å². The molecule has 6 heteroatoms. The van der Waals surface area contributed by atoms with E-state index in [-0.39, 0.29) is 18.1 Å². The van der Waals surface area contributed by atoms with Gasteiger partial charge in [0, 0.05) is 24.8 Å². The highest BCUT2D eigenvalue weighted by atomic mass is 16.5.